The highest BCUT2D eigenvalue weighted by atomic mass is 32.2. The number of hydrogen-bond donors (Lipinski definition) is 0. The third kappa shape index (κ3) is 1.78. The Morgan fingerprint density at radius 3 is 2.94 bits per heavy atom. The Morgan fingerprint density at radius 1 is 1.44 bits per heavy atom. The molecule has 18 heavy (non-hydrogen) atoms. The lowest BCUT2D eigenvalue weighted by Gasteiger charge is -2.39. The number of fused-ring (bicyclic) bond motifs is 1. The first-order valence-electron chi connectivity index (χ1n) is 5.76. The van der Waals surface area contributed by atoms with Gasteiger partial charge in [-0.2, -0.15) is 0 Å². The van der Waals surface area contributed by atoms with Gasteiger partial charge >= 0.3 is 0 Å². The Hall–Kier alpha value is -1.21. The van der Waals surface area contributed by atoms with E-state index in [0.717, 1.165) is 16.0 Å². The first-order chi connectivity index (χ1) is 8.62. The van der Waals surface area contributed by atoms with E-state index < -0.39 is 9.84 Å². The van der Waals surface area contributed by atoms with Gasteiger partial charge in [-0.3, -0.25) is 0 Å². The summed E-state index contributed by atoms with van der Waals surface area (Å²) in [6.07, 6.45) is 1.53. The van der Waals surface area contributed by atoms with E-state index in [1.807, 2.05) is 16.3 Å². The SMILES string of the molecule is CCS(=O)(=O)C1CN(c2ncnc3ccsc23)C1. The molecule has 0 amide bonds. The van der Waals surface area contributed by atoms with E-state index in [9.17, 15) is 8.42 Å². The Morgan fingerprint density at radius 2 is 2.22 bits per heavy atom. The van der Waals surface area contributed by atoms with Crippen molar-refractivity contribution in [1.82, 2.24) is 9.97 Å². The minimum Gasteiger partial charge on any atom is -0.353 e. The molecule has 96 valence electrons. The Bertz CT molecular complexity index is 674. The quantitative estimate of drug-likeness (QED) is 0.850. The number of aromatic nitrogens is 2. The molecule has 0 atom stereocenters. The lowest BCUT2D eigenvalue weighted by atomic mass is 10.2. The molecule has 1 saturated heterocycles. The van der Waals surface area contributed by atoms with Gasteiger partial charge in [-0.15, -0.1) is 11.3 Å². The van der Waals surface area contributed by atoms with Gasteiger partial charge in [0.1, 0.15) is 12.1 Å². The van der Waals surface area contributed by atoms with Crippen molar-refractivity contribution >= 4 is 37.2 Å². The summed E-state index contributed by atoms with van der Waals surface area (Å²) in [6, 6.07) is 1.95. The topological polar surface area (TPSA) is 63.2 Å². The van der Waals surface area contributed by atoms with Gasteiger partial charge in [-0.25, -0.2) is 18.4 Å². The molecule has 1 fully saturated rings. The molecule has 3 heterocycles. The zero-order valence-electron chi connectivity index (χ0n) is 9.91. The van der Waals surface area contributed by atoms with Gasteiger partial charge in [0.2, 0.25) is 0 Å². The molecule has 0 aliphatic carbocycles. The van der Waals surface area contributed by atoms with Crippen LogP contribution >= 0.6 is 11.3 Å². The standard InChI is InChI=1S/C11H13N3O2S2/c1-2-18(15,16)8-5-14(6-8)11-10-9(3-4-17-10)12-7-13-11/h3-4,7-8H,2,5-6H2,1H3. The summed E-state index contributed by atoms with van der Waals surface area (Å²) in [5, 5.41) is 1.73. The van der Waals surface area contributed by atoms with Crippen molar-refractivity contribution in [1.29, 1.82) is 0 Å². The zero-order valence-corrected chi connectivity index (χ0v) is 11.5. The summed E-state index contributed by atoms with van der Waals surface area (Å²) in [5.74, 6) is 1.07. The zero-order chi connectivity index (χ0) is 12.8. The van der Waals surface area contributed by atoms with E-state index in [1.54, 1.807) is 18.3 Å². The Labute approximate surface area is 109 Å². The number of thiophene rings is 1. The molecule has 0 spiro atoms. The van der Waals surface area contributed by atoms with Gasteiger partial charge in [-0.1, -0.05) is 6.92 Å². The molecule has 7 heteroatoms. The lowest BCUT2D eigenvalue weighted by Crippen LogP contribution is -2.55. The minimum absolute atomic E-state index is 0.212. The van der Waals surface area contributed by atoms with Crippen LogP contribution in [-0.2, 0) is 9.84 Å². The van der Waals surface area contributed by atoms with Crippen LogP contribution in [0.3, 0.4) is 0 Å². The molecule has 2 aromatic heterocycles. The summed E-state index contributed by atoms with van der Waals surface area (Å²) in [4.78, 5) is 10.5. The molecular weight excluding hydrogens is 270 g/mol. The van der Waals surface area contributed by atoms with Crippen LogP contribution < -0.4 is 4.90 Å². The Kier molecular flexibility index (Phi) is 2.74. The van der Waals surface area contributed by atoms with Crippen molar-refractivity contribution in [3.05, 3.63) is 17.8 Å². The fourth-order valence-electron chi connectivity index (χ4n) is 2.08. The van der Waals surface area contributed by atoms with E-state index in [-0.39, 0.29) is 11.0 Å². The van der Waals surface area contributed by atoms with Crippen LogP contribution in [0.25, 0.3) is 10.2 Å². The maximum absolute atomic E-state index is 11.7. The van der Waals surface area contributed by atoms with Gasteiger partial charge in [0.15, 0.2) is 9.84 Å². The van der Waals surface area contributed by atoms with E-state index in [2.05, 4.69) is 9.97 Å². The molecule has 2 aromatic rings. The van der Waals surface area contributed by atoms with Crippen molar-refractivity contribution in [2.45, 2.75) is 12.2 Å². The monoisotopic (exact) mass is 283 g/mol. The van der Waals surface area contributed by atoms with Crippen LogP contribution in [0.1, 0.15) is 6.92 Å². The second-order valence-corrected chi connectivity index (χ2v) is 7.80. The molecule has 0 aromatic carbocycles. The molecule has 0 saturated carbocycles. The summed E-state index contributed by atoms with van der Waals surface area (Å²) >= 11 is 1.59. The first kappa shape index (κ1) is 11.9. The molecule has 1 aliphatic rings. The van der Waals surface area contributed by atoms with Crippen molar-refractivity contribution in [2.75, 3.05) is 23.7 Å². The fraction of sp³-hybridized carbons (Fsp3) is 0.455. The van der Waals surface area contributed by atoms with Crippen LogP contribution in [-0.4, -0.2) is 42.5 Å². The third-order valence-electron chi connectivity index (χ3n) is 3.28. The third-order valence-corrected chi connectivity index (χ3v) is 6.30. The number of rotatable bonds is 3. The average Bonchev–Trinajstić information content (AvgIpc) is 2.75. The normalized spacial score (nSPS) is 17.1. The largest absolute Gasteiger partial charge is 0.353 e. The van der Waals surface area contributed by atoms with E-state index in [4.69, 9.17) is 0 Å². The van der Waals surface area contributed by atoms with Crippen LogP contribution in [0.2, 0.25) is 0 Å². The van der Waals surface area contributed by atoms with E-state index in [1.165, 1.54) is 6.33 Å². The second kappa shape index (κ2) is 4.17. The van der Waals surface area contributed by atoms with Crippen molar-refractivity contribution in [2.24, 2.45) is 0 Å². The second-order valence-electron chi connectivity index (χ2n) is 4.31. The highest BCUT2D eigenvalue weighted by Crippen LogP contribution is 2.31. The Balaban J connectivity index is 1.85. The average molecular weight is 283 g/mol. The summed E-state index contributed by atoms with van der Waals surface area (Å²) in [6.45, 7) is 2.78. The molecule has 0 N–H and O–H groups in total. The first-order valence-corrected chi connectivity index (χ1v) is 8.36. The molecule has 0 unspecified atom stereocenters. The number of sulfone groups is 1. The molecule has 0 bridgehead atoms. The van der Waals surface area contributed by atoms with Crippen molar-refractivity contribution in [3.63, 3.8) is 0 Å². The van der Waals surface area contributed by atoms with Crippen LogP contribution in [0.5, 0.6) is 0 Å². The summed E-state index contributed by atoms with van der Waals surface area (Å²) in [5.41, 5.74) is 0.923. The highest BCUT2D eigenvalue weighted by molar-refractivity contribution is 7.92. The molecular formula is C11H13N3O2S2. The van der Waals surface area contributed by atoms with Gasteiger partial charge in [0.25, 0.3) is 0 Å². The number of nitrogens with zero attached hydrogens (tertiary/aromatic N) is 3. The van der Waals surface area contributed by atoms with Gasteiger partial charge in [0, 0.05) is 18.8 Å². The predicted octanol–water partition coefficient (Wildman–Crippen LogP) is 1.31. The molecule has 0 radical (unpaired) electrons. The maximum atomic E-state index is 11.7. The summed E-state index contributed by atoms with van der Waals surface area (Å²) in [7, 11) is -2.92. The van der Waals surface area contributed by atoms with Crippen molar-refractivity contribution < 1.29 is 8.42 Å². The molecule has 5 nitrogen and oxygen atoms in total. The fourth-order valence-corrected chi connectivity index (χ4v) is 4.22. The predicted molar refractivity (Wildman–Crippen MR) is 72.9 cm³/mol. The maximum Gasteiger partial charge on any atom is 0.156 e. The molecule has 3 rings (SSSR count). The highest BCUT2D eigenvalue weighted by Gasteiger charge is 2.37. The lowest BCUT2D eigenvalue weighted by molar-refractivity contribution is 0.541. The van der Waals surface area contributed by atoms with Gasteiger partial charge < -0.3 is 4.90 Å². The van der Waals surface area contributed by atoms with Gasteiger partial charge in [-0.05, 0) is 11.4 Å². The number of anilines is 1. The van der Waals surface area contributed by atoms with Crippen LogP contribution in [0, 0.1) is 0 Å². The van der Waals surface area contributed by atoms with Crippen LogP contribution in [0.15, 0.2) is 17.8 Å². The van der Waals surface area contributed by atoms with Crippen LogP contribution in [0.4, 0.5) is 5.82 Å². The van der Waals surface area contributed by atoms with E-state index >= 15 is 0 Å². The summed E-state index contributed by atoms with van der Waals surface area (Å²) < 4.78 is 24.5. The number of hydrogen-bond acceptors (Lipinski definition) is 6. The molecule has 1 aliphatic heterocycles. The van der Waals surface area contributed by atoms with Gasteiger partial charge in [0.05, 0.1) is 15.5 Å². The smallest absolute Gasteiger partial charge is 0.156 e. The van der Waals surface area contributed by atoms with Crippen molar-refractivity contribution in [3.8, 4) is 0 Å². The van der Waals surface area contributed by atoms with E-state index in [0.29, 0.717) is 13.1 Å². The minimum atomic E-state index is -2.92.